The van der Waals surface area contributed by atoms with E-state index < -0.39 is 6.61 Å². The summed E-state index contributed by atoms with van der Waals surface area (Å²) < 4.78 is 34.4. The summed E-state index contributed by atoms with van der Waals surface area (Å²) in [7, 11) is 3.09. The Labute approximate surface area is 172 Å². The van der Waals surface area contributed by atoms with Crippen LogP contribution in [0.1, 0.15) is 5.56 Å². The van der Waals surface area contributed by atoms with Crippen molar-refractivity contribution in [3.05, 3.63) is 66.2 Å². The molecule has 0 aliphatic heterocycles. The van der Waals surface area contributed by atoms with Gasteiger partial charge in [0.15, 0.2) is 11.5 Å². The highest BCUT2D eigenvalue weighted by atomic mass is 32.2. The summed E-state index contributed by atoms with van der Waals surface area (Å²) in [6.07, 6.45) is 0. The zero-order valence-electron chi connectivity index (χ0n) is 16.1. The normalized spacial score (nSPS) is 10.9. The molecule has 3 aromatic rings. The summed E-state index contributed by atoms with van der Waals surface area (Å²) in [5.41, 5.74) is 0.759. The molecule has 0 spiro atoms. The Kier molecular flexibility index (Phi) is 6.93. The van der Waals surface area contributed by atoms with Gasteiger partial charge in [-0.05, 0) is 40.6 Å². The fraction of sp³-hybridized carbons (Fsp3) is 0.227. The minimum absolute atomic E-state index is 0.0324. The lowest BCUT2D eigenvalue weighted by molar-refractivity contribution is -0.127. The molecule has 0 aromatic heterocycles. The van der Waals surface area contributed by atoms with E-state index in [4.69, 9.17) is 4.74 Å². The Morgan fingerprint density at radius 3 is 2.52 bits per heavy atom. The first-order valence-corrected chi connectivity index (χ1v) is 9.92. The van der Waals surface area contributed by atoms with E-state index in [0.29, 0.717) is 12.3 Å². The van der Waals surface area contributed by atoms with E-state index in [2.05, 4.69) is 16.9 Å². The molecule has 0 saturated carbocycles. The predicted molar refractivity (Wildman–Crippen MR) is 111 cm³/mol. The average Bonchev–Trinajstić information content (AvgIpc) is 2.72. The van der Waals surface area contributed by atoms with E-state index in [-0.39, 0.29) is 17.4 Å². The zero-order valence-corrected chi connectivity index (χ0v) is 16.9. The number of fused-ring (bicyclic) bond motifs is 1. The molecule has 0 bridgehead atoms. The lowest BCUT2D eigenvalue weighted by Gasteiger charge is -2.18. The topological polar surface area (TPSA) is 38.8 Å². The molecule has 0 aliphatic carbocycles. The van der Waals surface area contributed by atoms with Gasteiger partial charge in [-0.3, -0.25) is 4.79 Å². The number of halogens is 2. The van der Waals surface area contributed by atoms with Gasteiger partial charge < -0.3 is 14.4 Å². The Morgan fingerprint density at radius 2 is 1.79 bits per heavy atom. The van der Waals surface area contributed by atoms with Gasteiger partial charge in [0.1, 0.15) is 0 Å². The molecule has 1 amide bonds. The first kappa shape index (κ1) is 20.9. The second-order valence-corrected chi connectivity index (χ2v) is 7.46. The van der Waals surface area contributed by atoms with Crippen LogP contribution in [0, 0.1) is 0 Å². The van der Waals surface area contributed by atoms with Crippen molar-refractivity contribution < 1.29 is 23.0 Å². The minimum atomic E-state index is -2.92. The Bertz CT molecular complexity index is 997. The van der Waals surface area contributed by atoms with E-state index >= 15 is 0 Å². The van der Waals surface area contributed by atoms with Gasteiger partial charge in [0.05, 0.1) is 12.9 Å². The van der Waals surface area contributed by atoms with Crippen LogP contribution in [0.25, 0.3) is 10.8 Å². The number of alkyl halides is 2. The molecule has 29 heavy (non-hydrogen) atoms. The second-order valence-electron chi connectivity index (χ2n) is 6.41. The zero-order chi connectivity index (χ0) is 20.8. The molecule has 4 nitrogen and oxygen atoms in total. The van der Waals surface area contributed by atoms with Gasteiger partial charge >= 0.3 is 6.61 Å². The molecule has 7 heteroatoms. The molecule has 0 N–H and O–H groups in total. The van der Waals surface area contributed by atoms with Crippen LogP contribution in [0.2, 0.25) is 0 Å². The Morgan fingerprint density at radius 1 is 1.03 bits per heavy atom. The van der Waals surface area contributed by atoms with Crippen molar-refractivity contribution in [2.45, 2.75) is 18.1 Å². The summed E-state index contributed by atoms with van der Waals surface area (Å²) >= 11 is 1.48. The van der Waals surface area contributed by atoms with Gasteiger partial charge in [0.25, 0.3) is 0 Å². The maximum atomic E-state index is 12.5. The standard InChI is InChI=1S/C22H21F2NO3S/c1-25(13-15-7-10-19(28-22(23)24)20(11-15)27-2)21(26)14-29-18-9-8-16-5-3-4-6-17(16)12-18/h3-12,22H,13-14H2,1-2H3. The second kappa shape index (κ2) is 9.60. The van der Waals surface area contributed by atoms with E-state index in [9.17, 15) is 13.6 Å². The third kappa shape index (κ3) is 5.60. The highest BCUT2D eigenvalue weighted by Gasteiger charge is 2.14. The molecule has 0 unspecified atom stereocenters. The number of hydrogen-bond acceptors (Lipinski definition) is 4. The highest BCUT2D eigenvalue weighted by Crippen LogP contribution is 2.30. The SMILES string of the molecule is COc1cc(CN(C)C(=O)CSc2ccc3ccccc3c2)ccc1OC(F)F. The van der Waals surface area contributed by atoms with Crippen LogP contribution in [0.4, 0.5) is 8.78 Å². The Hall–Kier alpha value is -2.80. The third-order valence-corrected chi connectivity index (χ3v) is 5.35. The monoisotopic (exact) mass is 417 g/mol. The number of nitrogens with zero attached hydrogens (tertiary/aromatic N) is 1. The molecule has 3 aromatic carbocycles. The summed E-state index contributed by atoms with van der Waals surface area (Å²) in [6, 6.07) is 18.8. The van der Waals surface area contributed by atoms with Crippen molar-refractivity contribution in [2.24, 2.45) is 0 Å². The van der Waals surface area contributed by atoms with Crippen LogP contribution in [0.5, 0.6) is 11.5 Å². The molecule has 0 atom stereocenters. The van der Waals surface area contributed by atoms with Crippen molar-refractivity contribution in [3.63, 3.8) is 0 Å². The quantitative estimate of drug-likeness (QED) is 0.472. The van der Waals surface area contributed by atoms with E-state index in [1.807, 2.05) is 30.3 Å². The van der Waals surface area contributed by atoms with Crippen LogP contribution in [0.15, 0.2) is 65.6 Å². The minimum Gasteiger partial charge on any atom is -0.493 e. The first-order chi connectivity index (χ1) is 14.0. The van der Waals surface area contributed by atoms with Crippen molar-refractivity contribution in [2.75, 3.05) is 19.9 Å². The lowest BCUT2D eigenvalue weighted by Crippen LogP contribution is -2.27. The molecular formula is C22H21F2NO3S. The largest absolute Gasteiger partial charge is 0.493 e. The smallest absolute Gasteiger partial charge is 0.387 e. The number of benzene rings is 3. The van der Waals surface area contributed by atoms with E-state index in [1.165, 1.54) is 24.9 Å². The van der Waals surface area contributed by atoms with Crippen molar-refractivity contribution in [1.82, 2.24) is 4.90 Å². The van der Waals surface area contributed by atoms with E-state index in [0.717, 1.165) is 21.2 Å². The van der Waals surface area contributed by atoms with Crippen LogP contribution >= 0.6 is 11.8 Å². The van der Waals surface area contributed by atoms with Crippen LogP contribution in [-0.4, -0.2) is 37.3 Å². The van der Waals surface area contributed by atoms with Gasteiger partial charge in [-0.15, -0.1) is 11.8 Å². The number of amides is 1. The molecule has 0 fully saturated rings. The van der Waals surface area contributed by atoms with Crippen LogP contribution in [-0.2, 0) is 11.3 Å². The molecule has 3 rings (SSSR count). The van der Waals surface area contributed by atoms with Crippen molar-refractivity contribution >= 4 is 28.4 Å². The van der Waals surface area contributed by atoms with Crippen molar-refractivity contribution in [3.8, 4) is 11.5 Å². The number of rotatable bonds is 8. The van der Waals surface area contributed by atoms with Gasteiger partial charge in [-0.2, -0.15) is 8.78 Å². The van der Waals surface area contributed by atoms with Crippen LogP contribution in [0.3, 0.4) is 0 Å². The fourth-order valence-electron chi connectivity index (χ4n) is 2.88. The molecular weight excluding hydrogens is 396 g/mol. The maximum absolute atomic E-state index is 12.5. The first-order valence-electron chi connectivity index (χ1n) is 8.93. The molecule has 0 heterocycles. The van der Waals surface area contributed by atoms with Gasteiger partial charge in [-0.25, -0.2) is 0 Å². The molecule has 0 radical (unpaired) electrons. The van der Waals surface area contributed by atoms with Crippen molar-refractivity contribution in [1.29, 1.82) is 0 Å². The lowest BCUT2D eigenvalue weighted by atomic mass is 10.1. The maximum Gasteiger partial charge on any atom is 0.387 e. The average molecular weight is 417 g/mol. The van der Waals surface area contributed by atoms with Gasteiger partial charge in [0, 0.05) is 18.5 Å². The van der Waals surface area contributed by atoms with Gasteiger partial charge in [-0.1, -0.05) is 36.4 Å². The summed E-state index contributed by atoms with van der Waals surface area (Å²) in [5.74, 6) is 0.440. The summed E-state index contributed by atoms with van der Waals surface area (Å²) in [5, 5.41) is 2.30. The molecule has 152 valence electrons. The number of ether oxygens (including phenoxy) is 2. The third-order valence-electron chi connectivity index (χ3n) is 4.37. The number of hydrogen-bond donors (Lipinski definition) is 0. The summed E-state index contributed by atoms with van der Waals surface area (Å²) in [6.45, 7) is -2.59. The number of carbonyl (C=O) groups is 1. The van der Waals surface area contributed by atoms with Gasteiger partial charge in [0.2, 0.25) is 5.91 Å². The number of thioether (sulfide) groups is 1. The summed E-state index contributed by atoms with van der Waals surface area (Å²) in [4.78, 5) is 15.1. The van der Waals surface area contributed by atoms with Crippen LogP contribution < -0.4 is 9.47 Å². The highest BCUT2D eigenvalue weighted by molar-refractivity contribution is 8.00. The molecule has 0 aliphatic rings. The Balaban J connectivity index is 1.59. The van der Waals surface area contributed by atoms with E-state index in [1.54, 1.807) is 24.1 Å². The molecule has 0 saturated heterocycles. The number of methoxy groups -OCH3 is 1. The predicted octanol–water partition coefficient (Wildman–Crippen LogP) is 5.20. The fourth-order valence-corrected chi connectivity index (χ4v) is 3.76. The number of carbonyl (C=O) groups excluding carboxylic acids is 1.